The van der Waals surface area contributed by atoms with Gasteiger partial charge in [-0.3, -0.25) is 0 Å². The quantitative estimate of drug-likeness (QED) is 0.536. The molecule has 0 aliphatic carbocycles. The number of rotatable bonds is 0. The maximum Gasteiger partial charge on any atom is 0.151 e. The molecule has 2 atom stereocenters. The lowest BCUT2D eigenvalue weighted by molar-refractivity contribution is 0.443. The van der Waals surface area contributed by atoms with Gasteiger partial charge in [-0.15, -0.1) is 0 Å². The molecule has 0 aromatic heterocycles. The zero-order valence-electron chi connectivity index (χ0n) is 6.08. The molecule has 3 nitrogen and oxygen atoms in total. The Balaban J connectivity index is 2.66. The number of sulfone groups is 1. The zero-order chi connectivity index (χ0) is 7.78. The minimum absolute atomic E-state index is 0.140. The second-order valence-corrected chi connectivity index (χ2v) is 5.27. The molecule has 1 heterocycles. The van der Waals surface area contributed by atoms with Crippen LogP contribution in [-0.2, 0) is 9.84 Å². The van der Waals surface area contributed by atoms with Crippen molar-refractivity contribution in [1.29, 1.82) is 0 Å². The van der Waals surface area contributed by atoms with Crippen LogP contribution in [-0.4, -0.2) is 26.0 Å². The van der Waals surface area contributed by atoms with Crippen molar-refractivity contribution >= 4 is 9.84 Å². The molecule has 4 heteroatoms. The molecule has 0 aromatic carbocycles. The third-order valence-electron chi connectivity index (χ3n) is 2.06. The van der Waals surface area contributed by atoms with E-state index in [2.05, 4.69) is 0 Å². The maximum absolute atomic E-state index is 10.9. The van der Waals surface area contributed by atoms with E-state index < -0.39 is 9.84 Å². The molecule has 2 N–H and O–H groups in total. The van der Waals surface area contributed by atoms with Crippen molar-refractivity contribution in [2.45, 2.75) is 19.4 Å². The van der Waals surface area contributed by atoms with Crippen LogP contribution in [0.15, 0.2) is 0 Å². The first-order chi connectivity index (χ1) is 4.51. The van der Waals surface area contributed by atoms with Crippen LogP contribution in [0.3, 0.4) is 0 Å². The van der Waals surface area contributed by atoms with E-state index >= 15 is 0 Å². The molecule has 1 rings (SSSR count). The molecular formula is C6H13NO2S. The highest BCUT2D eigenvalue weighted by Gasteiger charge is 2.27. The monoisotopic (exact) mass is 163 g/mol. The fourth-order valence-corrected chi connectivity index (χ4v) is 2.93. The van der Waals surface area contributed by atoms with Crippen molar-refractivity contribution in [3.05, 3.63) is 0 Å². The van der Waals surface area contributed by atoms with Crippen molar-refractivity contribution < 1.29 is 8.42 Å². The Labute approximate surface area is 61.5 Å². The molecule has 0 amide bonds. The molecule has 10 heavy (non-hydrogen) atoms. The third kappa shape index (κ3) is 1.70. The summed E-state index contributed by atoms with van der Waals surface area (Å²) < 4.78 is 21.9. The van der Waals surface area contributed by atoms with Crippen LogP contribution in [0.2, 0.25) is 0 Å². The highest BCUT2D eigenvalue weighted by Crippen LogP contribution is 2.16. The summed E-state index contributed by atoms with van der Waals surface area (Å²) in [6.07, 6.45) is 0.726. The van der Waals surface area contributed by atoms with Crippen molar-refractivity contribution in [1.82, 2.24) is 0 Å². The number of hydrogen-bond donors (Lipinski definition) is 1. The molecule has 1 saturated heterocycles. The molecule has 1 aliphatic rings. The molecule has 1 aliphatic heterocycles. The Morgan fingerprint density at radius 2 is 2.10 bits per heavy atom. The standard InChI is InChI=1S/C6H13NO2S/c1-5-2-3-10(8,9)4-6(5)7/h5-6H,2-4,7H2,1H3/t5-,6-/m1/s1. The molecule has 0 saturated carbocycles. The van der Waals surface area contributed by atoms with Crippen LogP contribution < -0.4 is 5.73 Å². The van der Waals surface area contributed by atoms with Crippen molar-refractivity contribution in [2.24, 2.45) is 11.7 Å². The summed E-state index contributed by atoms with van der Waals surface area (Å²) in [5.74, 6) is 0.860. The molecule has 0 spiro atoms. The van der Waals surface area contributed by atoms with Gasteiger partial charge in [-0.25, -0.2) is 8.42 Å². The lowest BCUT2D eigenvalue weighted by Gasteiger charge is -2.24. The van der Waals surface area contributed by atoms with Gasteiger partial charge in [-0.2, -0.15) is 0 Å². The summed E-state index contributed by atoms with van der Waals surface area (Å²) in [6.45, 7) is 2.00. The lowest BCUT2D eigenvalue weighted by Crippen LogP contribution is -2.41. The van der Waals surface area contributed by atoms with Crippen molar-refractivity contribution in [2.75, 3.05) is 11.5 Å². The largest absolute Gasteiger partial charge is 0.327 e. The first-order valence-electron chi connectivity index (χ1n) is 3.47. The van der Waals surface area contributed by atoms with Gasteiger partial charge in [-0.05, 0) is 12.3 Å². The van der Waals surface area contributed by atoms with Crippen molar-refractivity contribution in [3.8, 4) is 0 Å². The minimum Gasteiger partial charge on any atom is -0.327 e. The summed E-state index contributed by atoms with van der Waals surface area (Å²) in [7, 11) is -2.79. The second kappa shape index (κ2) is 2.51. The van der Waals surface area contributed by atoms with Gasteiger partial charge in [0.1, 0.15) is 0 Å². The summed E-state index contributed by atoms with van der Waals surface area (Å²) in [4.78, 5) is 0. The fourth-order valence-electron chi connectivity index (χ4n) is 1.12. The number of nitrogens with two attached hydrogens (primary N) is 1. The van der Waals surface area contributed by atoms with E-state index in [0.717, 1.165) is 6.42 Å². The molecule has 0 aromatic rings. The normalized spacial score (nSPS) is 39.4. The zero-order valence-corrected chi connectivity index (χ0v) is 6.89. The average molecular weight is 163 g/mol. The van der Waals surface area contributed by atoms with Crippen LogP contribution in [0, 0.1) is 5.92 Å². The number of hydrogen-bond acceptors (Lipinski definition) is 3. The predicted octanol–water partition coefficient (Wildman–Crippen LogP) is -0.232. The SMILES string of the molecule is C[C@@H]1CCS(=O)(=O)C[C@H]1N. The van der Waals surface area contributed by atoms with Crippen LogP contribution >= 0.6 is 0 Å². The van der Waals surface area contributed by atoms with Gasteiger partial charge in [0.15, 0.2) is 9.84 Å². The van der Waals surface area contributed by atoms with E-state index in [4.69, 9.17) is 5.73 Å². The molecule has 60 valence electrons. The molecular weight excluding hydrogens is 150 g/mol. The Bertz CT molecular complexity index is 210. The third-order valence-corrected chi connectivity index (χ3v) is 3.81. The highest BCUT2D eigenvalue weighted by molar-refractivity contribution is 7.91. The highest BCUT2D eigenvalue weighted by atomic mass is 32.2. The van der Waals surface area contributed by atoms with Crippen LogP contribution in [0.4, 0.5) is 0 Å². The molecule has 0 unspecified atom stereocenters. The smallest absolute Gasteiger partial charge is 0.151 e. The summed E-state index contributed by atoms with van der Waals surface area (Å²) in [5.41, 5.74) is 5.57. The Morgan fingerprint density at radius 1 is 1.50 bits per heavy atom. The molecule has 0 bridgehead atoms. The summed E-state index contributed by atoms with van der Waals surface area (Å²) in [5, 5.41) is 0. The van der Waals surface area contributed by atoms with E-state index in [1.54, 1.807) is 0 Å². The van der Waals surface area contributed by atoms with Gasteiger partial charge in [0.2, 0.25) is 0 Å². The molecule has 1 fully saturated rings. The van der Waals surface area contributed by atoms with E-state index in [9.17, 15) is 8.42 Å². The van der Waals surface area contributed by atoms with Gasteiger partial charge in [0, 0.05) is 6.04 Å². The van der Waals surface area contributed by atoms with Crippen LogP contribution in [0.1, 0.15) is 13.3 Å². The summed E-state index contributed by atoms with van der Waals surface area (Å²) >= 11 is 0. The molecule has 0 radical (unpaired) electrons. The maximum atomic E-state index is 10.9. The Hall–Kier alpha value is -0.0900. The average Bonchev–Trinajstić information content (AvgIpc) is 1.79. The van der Waals surface area contributed by atoms with Gasteiger partial charge >= 0.3 is 0 Å². The second-order valence-electron chi connectivity index (χ2n) is 3.04. The first kappa shape index (κ1) is 8.01. The van der Waals surface area contributed by atoms with E-state index in [-0.39, 0.29) is 11.8 Å². The predicted molar refractivity (Wildman–Crippen MR) is 40.4 cm³/mol. The topological polar surface area (TPSA) is 60.2 Å². The first-order valence-corrected chi connectivity index (χ1v) is 5.29. The Morgan fingerprint density at radius 3 is 2.50 bits per heavy atom. The lowest BCUT2D eigenvalue weighted by atomic mass is 10.0. The van der Waals surface area contributed by atoms with Gasteiger partial charge in [0.05, 0.1) is 11.5 Å². The van der Waals surface area contributed by atoms with E-state index in [1.807, 2.05) is 6.92 Å². The Kier molecular flexibility index (Phi) is 2.01. The fraction of sp³-hybridized carbons (Fsp3) is 1.00. The van der Waals surface area contributed by atoms with Gasteiger partial charge < -0.3 is 5.73 Å². The van der Waals surface area contributed by atoms with Crippen LogP contribution in [0.5, 0.6) is 0 Å². The minimum atomic E-state index is -2.79. The van der Waals surface area contributed by atoms with E-state index in [0.29, 0.717) is 11.7 Å². The van der Waals surface area contributed by atoms with Gasteiger partial charge in [-0.1, -0.05) is 6.92 Å². The van der Waals surface area contributed by atoms with Crippen molar-refractivity contribution in [3.63, 3.8) is 0 Å². The van der Waals surface area contributed by atoms with Crippen LogP contribution in [0.25, 0.3) is 0 Å². The van der Waals surface area contributed by atoms with E-state index in [1.165, 1.54) is 0 Å². The summed E-state index contributed by atoms with van der Waals surface area (Å²) in [6, 6.07) is -0.140. The van der Waals surface area contributed by atoms with Gasteiger partial charge in [0.25, 0.3) is 0 Å².